The highest BCUT2D eigenvalue weighted by Gasteiger charge is 2.25. The number of nitrogens with zero attached hydrogens (tertiary/aromatic N) is 1. The van der Waals surface area contributed by atoms with E-state index in [1.54, 1.807) is 0 Å². The zero-order valence-corrected chi connectivity index (χ0v) is 9.49. The molecule has 2 atom stereocenters. The van der Waals surface area contributed by atoms with E-state index in [0.29, 0.717) is 0 Å². The number of carboxylic acids is 1. The summed E-state index contributed by atoms with van der Waals surface area (Å²) < 4.78 is 0. The summed E-state index contributed by atoms with van der Waals surface area (Å²) in [6, 6.07) is 5.22. The van der Waals surface area contributed by atoms with E-state index in [1.807, 2.05) is 0 Å². The van der Waals surface area contributed by atoms with Gasteiger partial charge in [0, 0.05) is 12.1 Å². The lowest BCUT2D eigenvalue weighted by Crippen LogP contribution is -2.21. The summed E-state index contributed by atoms with van der Waals surface area (Å²) in [7, 11) is 0. The first-order chi connectivity index (χ1) is 7.43. The lowest BCUT2D eigenvalue weighted by Gasteiger charge is -2.13. The molecule has 0 bridgehead atoms. The molecule has 0 saturated carbocycles. The minimum atomic E-state index is -1.34. The maximum atomic E-state index is 10.6. The third-order valence-electron chi connectivity index (χ3n) is 1.94. The summed E-state index contributed by atoms with van der Waals surface area (Å²) >= 11 is 2.79. The van der Waals surface area contributed by atoms with E-state index in [2.05, 4.69) is 15.9 Å². The number of benzene rings is 1. The highest BCUT2D eigenvalue weighted by Crippen LogP contribution is 2.25. The van der Waals surface area contributed by atoms with Gasteiger partial charge < -0.3 is 10.2 Å². The largest absolute Gasteiger partial charge is 0.480 e. The predicted octanol–water partition coefficient (Wildman–Crippen LogP) is 1.48. The van der Waals surface area contributed by atoms with Crippen molar-refractivity contribution in [3.05, 3.63) is 39.9 Å². The summed E-state index contributed by atoms with van der Waals surface area (Å²) in [5.74, 6) is -1.24. The first-order valence-electron chi connectivity index (χ1n) is 4.22. The van der Waals surface area contributed by atoms with Crippen LogP contribution in [0.4, 0.5) is 5.69 Å². The van der Waals surface area contributed by atoms with Gasteiger partial charge in [-0.1, -0.05) is 28.1 Å². The number of hydrogen-bond donors (Lipinski definition) is 2. The summed E-state index contributed by atoms with van der Waals surface area (Å²) in [6.45, 7) is 0. The average molecular weight is 290 g/mol. The Labute approximate surface area is 98.8 Å². The van der Waals surface area contributed by atoms with Crippen LogP contribution in [0.2, 0.25) is 0 Å². The number of non-ortho nitro benzene ring substituents is 1. The van der Waals surface area contributed by atoms with E-state index in [4.69, 9.17) is 5.11 Å². The van der Waals surface area contributed by atoms with Gasteiger partial charge in [0.25, 0.3) is 5.69 Å². The second kappa shape index (κ2) is 5.04. The predicted molar refractivity (Wildman–Crippen MR) is 58.4 cm³/mol. The summed E-state index contributed by atoms with van der Waals surface area (Å²) in [5, 5.41) is 28.7. The van der Waals surface area contributed by atoms with Gasteiger partial charge in [-0.05, 0) is 5.56 Å². The van der Waals surface area contributed by atoms with Crippen LogP contribution in [0.15, 0.2) is 24.3 Å². The van der Waals surface area contributed by atoms with Crippen molar-refractivity contribution in [2.75, 3.05) is 0 Å². The maximum absolute atomic E-state index is 10.6. The van der Waals surface area contributed by atoms with Gasteiger partial charge in [0.2, 0.25) is 0 Å². The molecule has 0 aromatic heterocycles. The van der Waals surface area contributed by atoms with Gasteiger partial charge in [-0.3, -0.25) is 14.9 Å². The normalized spacial score (nSPS) is 14.1. The molecule has 0 spiro atoms. The fourth-order valence-electron chi connectivity index (χ4n) is 1.13. The second-order valence-corrected chi connectivity index (χ2v) is 4.02. The molecule has 0 aliphatic heterocycles. The van der Waals surface area contributed by atoms with Crippen LogP contribution in [0.3, 0.4) is 0 Å². The Bertz CT molecular complexity index is 422. The van der Waals surface area contributed by atoms with Gasteiger partial charge in [-0.15, -0.1) is 0 Å². The molecule has 0 fully saturated rings. The number of carboxylic acid groups (broad SMARTS) is 1. The van der Waals surface area contributed by atoms with Gasteiger partial charge >= 0.3 is 5.97 Å². The molecule has 1 aromatic carbocycles. The Kier molecular flexibility index (Phi) is 3.97. The van der Waals surface area contributed by atoms with Gasteiger partial charge in [-0.25, -0.2) is 0 Å². The summed E-state index contributed by atoms with van der Waals surface area (Å²) in [5.41, 5.74) is -0.0138. The van der Waals surface area contributed by atoms with Crippen LogP contribution < -0.4 is 0 Å². The highest BCUT2D eigenvalue weighted by molar-refractivity contribution is 9.10. The summed E-state index contributed by atoms with van der Waals surface area (Å²) in [4.78, 5) is 19.3. The first kappa shape index (κ1) is 12.6. The molecule has 0 radical (unpaired) electrons. The molecule has 86 valence electrons. The number of aliphatic hydroxyl groups excluding tert-OH is 1. The number of nitro benzene ring substituents is 1. The van der Waals surface area contributed by atoms with Gasteiger partial charge in [-0.2, -0.15) is 0 Å². The van der Waals surface area contributed by atoms with Crippen molar-refractivity contribution in [1.82, 2.24) is 0 Å². The van der Waals surface area contributed by atoms with E-state index in [1.165, 1.54) is 18.2 Å². The Hall–Kier alpha value is -1.47. The topological polar surface area (TPSA) is 101 Å². The molecular formula is C9H8BrNO5. The van der Waals surface area contributed by atoms with Crippen molar-refractivity contribution in [1.29, 1.82) is 0 Å². The van der Waals surface area contributed by atoms with E-state index >= 15 is 0 Å². The Balaban J connectivity index is 3.00. The average Bonchev–Trinajstić information content (AvgIpc) is 2.27. The molecule has 2 unspecified atom stereocenters. The highest BCUT2D eigenvalue weighted by atomic mass is 79.9. The quantitative estimate of drug-likeness (QED) is 0.497. The van der Waals surface area contributed by atoms with Gasteiger partial charge in [0.15, 0.2) is 0 Å². The summed E-state index contributed by atoms with van der Waals surface area (Å²) in [6.07, 6.45) is -1.34. The molecular weight excluding hydrogens is 282 g/mol. The van der Waals surface area contributed by atoms with Crippen LogP contribution in [-0.2, 0) is 4.79 Å². The standard InChI is InChI=1S/C9H8BrNO5/c10-7(9(13)14)8(12)5-2-1-3-6(4-5)11(15)16/h1-4,7-8,12H,(H,13,14). The number of carbonyl (C=O) groups is 1. The second-order valence-electron chi connectivity index (χ2n) is 3.04. The molecule has 0 saturated heterocycles. The molecule has 6 nitrogen and oxygen atoms in total. The molecule has 7 heteroatoms. The number of hydrogen-bond acceptors (Lipinski definition) is 4. The van der Waals surface area contributed by atoms with Crippen molar-refractivity contribution in [3.63, 3.8) is 0 Å². The third-order valence-corrected chi connectivity index (χ3v) is 2.83. The van der Waals surface area contributed by atoms with Crippen LogP contribution >= 0.6 is 15.9 Å². The third kappa shape index (κ3) is 2.77. The SMILES string of the molecule is O=C(O)C(Br)C(O)c1cccc([N+](=O)[O-])c1. The van der Waals surface area contributed by atoms with Crippen LogP contribution in [0.1, 0.15) is 11.7 Å². The molecule has 0 heterocycles. The molecule has 1 aromatic rings. The van der Waals surface area contributed by atoms with E-state index in [-0.39, 0.29) is 11.3 Å². The van der Waals surface area contributed by atoms with Crippen LogP contribution in [0.25, 0.3) is 0 Å². The van der Waals surface area contributed by atoms with Gasteiger partial charge in [0.05, 0.1) is 4.92 Å². The minimum Gasteiger partial charge on any atom is -0.480 e. The van der Waals surface area contributed by atoms with Crippen LogP contribution in [0, 0.1) is 10.1 Å². The van der Waals surface area contributed by atoms with Crippen molar-refractivity contribution in [2.45, 2.75) is 10.9 Å². The molecule has 0 aliphatic carbocycles. The van der Waals surface area contributed by atoms with E-state index in [0.717, 1.165) is 6.07 Å². The zero-order chi connectivity index (χ0) is 12.3. The number of rotatable bonds is 4. The Morgan fingerprint density at radius 2 is 2.12 bits per heavy atom. The Morgan fingerprint density at radius 3 is 2.62 bits per heavy atom. The first-order valence-corrected chi connectivity index (χ1v) is 5.14. The molecule has 0 aliphatic rings. The molecule has 0 amide bonds. The number of aliphatic hydroxyl groups is 1. The molecule has 1 rings (SSSR count). The molecule has 16 heavy (non-hydrogen) atoms. The number of alkyl halides is 1. The van der Waals surface area contributed by atoms with Crippen molar-refractivity contribution < 1.29 is 19.9 Å². The lowest BCUT2D eigenvalue weighted by atomic mass is 10.1. The number of aliphatic carboxylic acids is 1. The molecule has 2 N–H and O–H groups in total. The lowest BCUT2D eigenvalue weighted by molar-refractivity contribution is -0.385. The van der Waals surface area contributed by atoms with E-state index < -0.39 is 21.8 Å². The van der Waals surface area contributed by atoms with E-state index in [9.17, 15) is 20.0 Å². The van der Waals surface area contributed by atoms with Crippen molar-refractivity contribution in [3.8, 4) is 0 Å². The van der Waals surface area contributed by atoms with Crippen LogP contribution in [-0.4, -0.2) is 25.9 Å². The van der Waals surface area contributed by atoms with Crippen LogP contribution in [0.5, 0.6) is 0 Å². The van der Waals surface area contributed by atoms with Crippen molar-refractivity contribution in [2.24, 2.45) is 0 Å². The zero-order valence-electron chi connectivity index (χ0n) is 7.91. The monoisotopic (exact) mass is 289 g/mol. The number of halogens is 1. The maximum Gasteiger partial charge on any atom is 0.320 e. The van der Waals surface area contributed by atoms with Crippen molar-refractivity contribution >= 4 is 27.6 Å². The Morgan fingerprint density at radius 1 is 1.50 bits per heavy atom. The number of nitro groups is 1. The van der Waals surface area contributed by atoms with Gasteiger partial charge in [0.1, 0.15) is 10.9 Å². The fourth-order valence-corrected chi connectivity index (χ4v) is 1.43. The smallest absolute Gasteiger partial charge is 0.320 e. The minimum absolute atomic E-state index is 0.179. The fraction of sp³-hybridized carbons (Fsp3) is 0.222.